The van der Waals surface area contributed by atoms with Gasteiger partial charge in [0, 0.05) is 12.1 Å². The van der Waals surface area contributed by atoms with Crippen LogP contribution in [0.1, 0.15) is 19.4 Å². The second kappa shape index (κ2) is 11.0. The van der Waals surface area contributed by atoms with Crippen molar-refractivity contribution in [2.75, 3.05) is 19.6 Å². The molecule has 1 unspecified atom stereocenters. The monoisotopic (exact) mass is 405 g/mol. The number of rotatable bonds is 6. The highest BCUT2D eigenvalue weighted by Gasteiger charge is 2.20. The topological polar surface area (TPSA) is 60.3 Å². The minimum absolute atomic E-state index is 0.0644. The fraction of sp³-hybridized carbons (Fsp3) is 0.353. The highest BCUT2D eigenvalue weighted by Crippen LogP contribution is 2.34. The van der Waals surface area contributed by atoms with E-state index in [1.54, 1.807) is 12.1 Å². The quantitative estimate of drug-likeness (QED) is 0.421. The predicted molar refractivity (Wildman–Crippen MR) is 101 cm³/mol. The van der Waals surface area contributed by atoms with Crippen LogP contribution in [0, 0.1) is 12.0 Å². The van der Waals surface area contributed by atoms with Crippen molar-refractivity contribution in [1.29, 1.82) is 0 Å². The summed E-state index contributed by atoms with van der Waals surface area (Å²) in [5.41, 5.74) is 0.484. The molecule has 0 fully saturated rings. The number of hydrogen-bond donors (Lipinski definition) is 1. The highest BCUT2D eigenvalue weighted by molar-refractivity contribution is 6.33. The summed E-state index contributed by atoms with van der Waals surface area (Å²) in [6.07, 6.45) is 3.81. The Morgan fingerprint density at radius 3 is 2.76 bits per heavy atom. The summed E-state index contributed by atoms with van der Waals surface area (Å²) in [4.78, 5) is 4.29. The second-order valence-electron chi connectivity index (χ2n) is 4.28. The van der Waals surface area contributed by atoms with E-state index in [0.717, 1.165) is 0 Å². The molecule has 0 amide bonds. The Morgan fingerprint density at radius 1 is 1.44 bits per heavy atom. The third kappa shape index (κ3) is 6.24. The smallest absolute Gasteiger partial charge is 0.238 e. The summed E-state index contributed by atoms with van der Waals surface area (Å²) in [5, 5.41) is 8.87. The van der Waals surface area contributed by atoms with Crippen LogP contribution in [-0.4, -0.2) is 36.6 Å². The van der Waals surface area contributed by atoms with Gasteiger partial charge in [-0.05, 0) is 23.6 Å². The van der Waals surface area contributed by atoms with Crippen LogP contribution in [0.2, 0.25) is 5.02 Å². The summed E-state index contributed by atoms with van der Waals surface area (Å²) in [5.74, 6) is 4.03. The molecule has 0 aliphatic carbocycles. The van der Waals surface area contributed by atoms with E-state index in [1.165, 1.54) is 13.2 Å². The van der Waals surface area contributed by atoms with Gasteiger partial charge in [0.05, 0.1) is 23.6 Å². The number of halogens is 3. The average Bonchev–Trinajstić information content (AvgIpc) is 2.62. The zero-order valence-electron chi connectivity index (χ0n) is 14.0. The molecule has 1 aliphatic heterocycles. The summed E-state index contributed by atoms with van der Waals surface area (Å²) in [6, 6.07) is 2.84. The number of aliphatic imine (C=N–C) groups is 1. The molecule has 1 aromatic carbocycles. The van der Waals surface area contributed by atoms with Crippen molar-refractivity contribution in [3.05, 3.63) is 34.0 Å². The number of benzene rings is 1. The third-order valence-corrected chi connectivity index (χ3v) is 3.47. The van der Waals surface area contributed by atoms with Crippen molar-refractivity contribution >= 4 is 40.7 Å². The molecule has 0 saturated heterocycles. The Bertz CT molecular complexity index is 704. The van der Waals surface area contributed by atoms with Gasteiger partial charge in [-0.25, -0.2) is 4.99 Å². The van der Waals surface area contributed by atoms with Crippen LogP contribution in [0.3, 0.4) is 0 Å². The SMILES string of the molecule is CC.COc1c(Cl)cc(OC/C=C(/O)Cl)cc1C1=NC(CCl)C#CO1. The van der Waals surface area contributed by atoms with Gasteiger partial charge in [0.1, 0.15) is 30.3 Å². The second-order valence-corrected chi connectivity index (χ2v) is 5.38. The van der Waals surface area contributed by atoms with Crippen LogP contribution < -0.4 is 9.47 Å². The Balaban J connectivity index is 0.00000151. The first-order valence-electron chi connectivity index (χ1n) is 7.41. The minimum Gasteiger partial charge on any atom is -0.499 e. The molecule has 25 heavy (non-hydrogen) atoms. The molecule has 0 aromatic heterocycles. The standard InChI is InChI=1S/C15H12Cl3NO4.C2H6/c1-21-14-11(15-19-9(8-16)2-4-23-15)6-10(7-12(14)17)22-5-3-13(18)20;1-2/h3,6-7,9,20H,5,8H2,1H3;1-2H3/b13-3+;. The fourth-order valence-electron chi connectivity index (χ4n) is 1.77. The van der Waals surface area contributed by atoms with Crippen molar-refractivity contribution in [1.82, 2.24) is 0 Å². The molecule has 0 bridgehead atoms. The van der Waals surface area contributed by atoms with Crippen molar-refractivity contribution in [2.24, 2.45) is 4.99 Å². The van der Waals surface area contributed by atoms with E-state index in [1.807, 2.05) is 13.8 Å². The van der Waals surface area contributed by atoms with Crippen molar-refractivity contribution in [3.8, 4) is 23.5 Å². The van der Waals surface area contributed by atoms with Crippen LogP contribution in [0.4, 0.5) is 0 Å². The number of ether oxygens (including phenoxy) is 3. The van der Waals surface area contributed by atoms with Gasteiger partial charge in [-0.2, -0.15) is 0 Å². The van der Waals surface area contributed by atoms with Crippen LogP contribution in [0.15, 0.2) is 28.4 Å². The predicted octanol–water partition coefficient (Wildman–Crippen LogP) is 4.74. The minimum atomic E-state index is -0.371. The lowest BCUT2D eigenvalue weighted by molar-refractivity contribution is 0.352. The van der Waals surface area contributed by atoms with Gasteiger partial charge >= 0.3 is 0 Å². The molecular formula is C17H18Cl3NO4. The average molecular weight is 407 g/mol. The first-order chi connectivity index (χ1) is 12.0. The maximum Gasteiger partial charge on any atom is 0.238 e. The molecule has 0 radical (unpaired) electrons. The first-order valence-corrected chi connectivity index (χ1v) is 8.70. The van der Waals surface area contributed by atoms with E-state index in [2.05, 4.69) is 17.0 Å². The van der Waals surface area contributed by atoms with E-state index in [0.29, 0.717) is 22.1 Å². The summed E-state index contributed by atoms with van der Waals surface area (Å²) in [7, 11) is 1.48. The van der Waals surface area contributed by atoms with Crippen LogP contribution in [-0.2, 0) is 4.74 Å². The molecule has 1 heterocycles. The van der Waals surface area contributed by atoms with Gasteiger partial charge in [0.25, 0.3) is 0 Å². The van der Waals surface area contributed by atoms with E-state index < -0.39 is 0 Å². The largest absolute Gasteiger partial charge is 0.499 e. The van der Waals surface area contributed by atoms with Crippen molar-refractivity contribution in [2.45, 2.75) is 19.9 Å². The van der Waals surface area contributed by atoms with Crippen molar-refractivity contribution in [3.63, 3.8) is 0 Å². The number of hydrogen-bond acceptors (Lipinski definition) is 5. The molecule has 1 N–H and O–H groups in total. The maximum atomic E-state index is 8.92. The molecule has 1 aromatic rings. The molecule has 1 atom stereocenters. The van der Waals surface area contributed by atoms with E-state index in [9.17, 15) is 0 Å². The molecule has 1 aliphatic rings. The van der Waals surface area contributed by atoms with Gasteiger partial charge in [-0.15, -0.1) is 11.6 Å². The summed E-state index contributed by atoms with van der Waals surface area (Å²) < 4.78 is 16.0. The lowest BCUT2D eigenvalue weighted by Crippen LogP contribution is -2.16. The Hall–Kier alpha value is -1.74. The molecular weight excluding hydrogens is 389 g/mol. The number of aliphatic hydroxyl groups is 1. The normalized spacial score (nSPS) is 15.7. The highest BCUT2D eigenvalue weighted by atomic mass is 35.5. The van der Waals surface area contributed by atoms with Gasteiger partial charge < -0.3 is 19.3 Å². The number of methoxy groups -OCH3 is 1. The Labute approximate surface area is 162 Å². The molecule has 0 saturated carbocycles. The van der Waals surface area contributed by atoms with Crippen LogP contribution in [0.5, 0.6) is 11.5 Å². The van der Waals surface area contributed by atoms with Gasteiger partial charge in [0.2, 0.25) is 5.90 Å². The van der Waals surface area contributed by atoms with Crippen LogP contribution in [0.25, 0.3) is 0 Å². The molecule has 8 heteroatoms. The first kappa shape index (κ1) is 21.3. The van der Waals surface area contributed by atoms with E-state index in [-0.39, 0.29) is 29.6 Å². The zero-order valence-corrected chi connectivity index (χ0v) is 16.2. The van der Waals surface area contributed by atoms with Crippen molar-refractivity contribution < 1.29 is 19.3 Å². The lowest BCUT2D eigenvalue weighted by atomic mass is 10.1. The number of alkyl halides is 1. The van der Waals surface area contributed by atoms with Gasteiger partial charge in [-0.3, -0.25) is 0 Å². The third-order valence-electron chi connectivity index (χ3n) is 2.75. The Kier molecular flexibility index (Phi) is 9.36. The summed E-state index contributed by atoms with van der Waals surface area (Å²) in [6.45, 7) is 4.06. The molecule has 136 valence electrons. The van der Waals surface area contributed by atoms with E-state index in [4.69, 9.17) is 54.1 Å². The van der Waals surface area contributed by atoms with E-state index >= 15 is 0 Å². The molecule has 5 nitrogen and oxygen atoms in total. The summed E-state index contributed by atoms with van der Waals surface area (Å²) >= 11 is 17.3. The number of nitrogens with zero attached hydrogens (tertiary/aromatic N) is 1. The molecule has 0 spiro atoms. The number of aliphatic hydroxyl groups excluding tert-OH is 1. The maximum absolute atomic E-state index is 8.92. The Morgan fingerprint density at radius 2 is 2.16 bits per heavy atom. The fourth-order valence-corrected chi connectivity index (χ4v) is 2.26. The van der Waals surface area contributed by atoms with Gasteiger partial charge in [0.15, 0.2) is 5.22 Å². The zero-order chi connectivity index (χ0) is 18.8. The van der Waals surface area contributed by atoms with Crippen LogP contribution >= 0.6 is 34.8 Å². The molecule has 2 rings (SSSR count). The lowest BCUT2D eigenvalue weighted by Gasteiger charge is -2.15. The van der Waals surface area contributed by atoms with Gasteiger partial charge in [-0.1, -0.05) is 25.4 Å².